The summed E-state index contributed by atoms with van der Waals surface area (Å²) in [4.78, 5) is 21.3. The number of aromatic nitrogens is 4. The minimum atomic E-state index is -0.555. The molecule has 7 nitrogen and oxygen atoms in total. The average Bonchev–Trinajstić information content (AvgIpc) is 2.58. The van der Waals surface area contributed by atoms with E-state index in [1.54, 1.807) is 6.20 Å². The number of anilines is 2. The predicted molar refractivity (Wildman–Crippen MR) is 84.5 cm³/mol. The van der Waals surface area contributed by atoms with Crippen LogP contribution in [0.1, 0.15) is 11.4 Å². The summed E-state index contributed by atoms with van der Waals surface area (Å²) >= 11 is 0. The third-order valence-electron chi connectivity index (χ3n) is 3.81. The van der Waals surface area contributed by atoms with Gasteiger partial charge < -0.3 is 14.5 Å². The summed E-state index contributed by atoms with van der Waals surface area (Å²) < 4.78 is 18.3. The van der Waals surface area contributed by atoms with Crippen LogP contribution in [0.5, 0.6) is 5.88 Å². The number of methoxy groups -OCH3 is 1. The molecule has 8 heteroatoms. The molecule has 0 spiro atoms. The van der Waals surface area contributed by atoms with Gasteiger partial charge in [0.2, 0.25) is 11.8 Å². The lowest BCUT2D eigenvalue weighted by atomic mass is 10.3. The van der Waals surface area contributed by atoms with Crippen LogP contribution in [0.25, 0.3) is 0 Å². The smallest absolute Gasteiger partial charge is 0.255 e. The molecule has 0 amide bonds. The molecular weight excluding hydrogens is 299 g/mol. The van der Waals surface area contributed by atoms with Gasteiger partial charge in [0.05, 0.1) is 24.7 Å². The van der Waals surface area contributed by atoms with Gasteiger partial charge in [-0.2, -0.15) is 9.37 Å². The first-order valence-electron chi connectivity index (χ1n) is 7.45. The molecule has 3 heterocycles. The van der Waals surface area contributed by atoms with Gasteiger partial charge in [-0.3, -0.25) is 4.98 Å². The standard InChI is InChI=1S/C15H19FN6O/c1-10-8-17-11(2)13(19-10)21-4-6-22(7-5-21)15-18-9-12(16)14(20-15)23-3/h8-9H,4-7H2,1-3H3. The number of halogens is 1. The Hall–Kier alpha value is -2.51. The zero-order valence-electron chi connectivity index (χ0n) is 13.5. The van der Waals surface area contributed by atoms with Crippen LogP contribution in [0.15, 0.2) is 12.4 Å². The van der Waals surface area contributed by atoms with E-state index in [2.05, 4.69) is 24.8 Å². The van der Waals surface area contributed by atoms with Crippen molar-refractivity contribution in [1.82, 2.24) is 19.9 Å². The first kappa shape index (κ1) is 15.4. The van der Waals surface area contributed by atoms with Crippen molar-refractivity contribution in [2.45, 2.75) is 13.8 Å². The molecule has 2 aromatic heterocycles. The zero-order valence-corrected chi connectivity index (χ0v) is 13.5. The number of rotatable bonds is 3. The summed E-state index contributed by atoms with van der Waals surface area (Å²) in [6, 6.07) is 0. The molecule has 3 rings (SSSR count). The van der Waals surface area contributed by atoms with Crippen molar-refractivity contribution in [2.24, 2.45) is 0 Å². The lowest BCUT2D eigenvalue weighted by molar-refractivity contribution is 0.366. The van der Waals surface area contributed by atoms with Crippen molar-refractivity contribution in [1.29, 1.82) is 0 Å². The first-order chi connectivity index (χ1) is 11.1. The van der Waals surface area contributed by atoms with Crippen molar-refractivity contribution in [3.8, 4) is 5.88 Å². The van der Waals surface area contributed by atoms with Gasteiger partial charge in [0.1, 0.15) is 5.82 Å². The summed E-state index contributed by atoms with van der Waals surface area (Å²) in [5, 5.41) is 0. The van der Waals surface area contributed by atoms with E-state index in [9.17, 15) is 4.39 Å². The minimum Gasteiger partial charge on any atom is -0.479 e. The van der Waals surface area contributed by atoms with Gasteiger partial charge in [-0.05, 0) is 13.8 Å². The van der Waals surface area contributed by atoms with E-state index in [1.807, 2.05) is 18.7 Å². The molecule has 2 aromatic rings. The first-order valence-corrected chi connectivity index (χ1v) is 7.45. The molecule has 1 fully saturated rings. The highest BCUT2D eigenvalue weighted by Gasteiger charge is 2.22. The number of nitrogens with zero attached hydrogens (tertiary/aromatic N) is 6. The van der Waals surface area contributed by atoms with E-state index in [1.165, 1.54) is 7.11 Å². The van der Waals surface area contributed by atoms with Crippen LogP contribution in [0.2, 0.25) is 0 Å². The lowest BCUT2D eigenvalue weighted by Crippen LogP contribution is -2.47. The van der Waals surface area contributed by atoms with Gasteiger partial charge in [0.15, 0.2) is 0 Å². The van der Waals surface area contributed by atoms with Crippen LogP contribution in [0.4, 0.5) is 16.2 Å². The fourth-order valence-electron chi connectivity index (χ4n) is 2.58. The van der Waals surface area contributed by atoms with Gasteiger partial charge in [-0.25, -0.2) is 9.97 Å². The van der Waals surface area contributed by atoms with Crippen LogP contribution in [0.3, 0.4) is 0 Å². The third kappa shape index (κ3) is 3.15. The van der Waals surface area contributed by atoms with Gasteiger partial charge >= 0.3 is 0 Å². The predicted octanol–water partition coefficient (Wildman–Crippen LogP) is 1.36. The van der Waals surface area contributed by atoms with E-state index < -0.39 is 5.82 Å². The van der Waals surface area contributed by atoms with E-state index in [-0.39, 0.29) is 5.88 Å². The SMILES string of the molecule is COc1nc(N2CCN(c3nc(C)cnc3C)CC2)ncc1F. The van der Waals surface area contributed by atoms with Crippen molar-refractivity contribution >= 4 is 11.8 Å². The van der Waals surface area contributed by atoms with Crippen LogP contribution >= 0.6 is 0 Å². The molecule has 1 aliphatic rings. The molecule has 0 bridgehead atoms. The van der Waals surface area contributed by atoms with Crippen molar-refractivity contribution in [3.05, 3.63) is 29.6 Å². The van der Waals surface area contributed by atoms with Gasteiger partial charge in [0.25, 0.3) is 5.88 Å². The molecule has 23 heavy (non-hydrogen) atoms. The van der Waals surface area contributed by atoms with Gasteiger partial charge in [-0.15, -0.1) is 0 Å². The van der Waals surface area contributed by atoms with Gasteiger partial charge in [0, 0.05) is 32.4 Å². The van der Waals surface area contributed by atoms with E-state index >= 15 is 0 Å². The monoisotopic (exact) mass is 318 g/mol. The highest BCUT2D eigenvalue weighted by atomic mass is 19.1. The Morgan fingerprint density at radius 2 is 1.70 bits per heavy atom. The summed E-state index contributed by atoms with van der Waals surface area (Å²) in [5.74, 6) is 0.815. The molecule has 0 aromatic carbocycles. The average molecular weight is 318 g/mol. The van der Waals surface area contributed by atoms with E-state index in [0.29, 0.717) is 5.95 Å². The van der Waals surface area contributed by atoms with Crippen molar-refractivity contribution in [3.63, 3.8) is 0 Å². The summed E-state index contributed by atoms with van der Waals surface area (Å²) in [6.07, 6.45) is 2.91. The van der Waals surface area contributed by atoms with Crippen molar-refractivity contribution < 1.29 is 9.13 Å². The van der Waals surface area contributed by atoms with Crippen LogP contribution in [-0.2, 0) is 0 Å². The Kier molecular flexibility index (Phi) is 4.22. The minimum absolute atomic E-state index is 0.0298. The molecule has 0 N–H and O–H groups in total. The molecule has 0 radical (unpaired) electrons. The molecule has 1 aliphatic heterocycles. The normalized spacial score (nSPS) is 15.0. The quantitative estimate of drug-likeness (QED) is 0.846. The molecule has 0 aliphatic carbocycles. The summed E-state index contributed by atoms with van der Waals surface area (Å²) in [6.45, 7) is 6.91. The van der Waals surface area contributed by atoms with Crippen molar-refractivity contribution in [2.75, 3.05) is 43.1 Å². The number of hydrogen-bond acceptors (Lipinski definition) is 7. The molecule has 0 saturated carbocycles. The topological polar surface area (TPSA) is 67.3 Å². The van der Waals surface area contributed by atoms with Crippen LogP contribution in [0, 0.1) is 19.7 Å². The maximum Gasteiger partial charge on any atom is 0.255 e. The third-order valence-corrected chi connectivity index (χ3v) is 3.81. The Labute approximate surface area is 134 Å². The number of ether oxygens (including phenoxy) is 1. The summed E-state index contributed by atoms with van der Waals surface area (Å²) in [5.41, 5.74) is 1.82. The molecule has 122 valence electrons. The Morgan fingerprint density at radius 1 is 1.00 bits per heavy atom. The second-order valence-corrected chi connectivity index (χ2v) is 5.42. The van der Waals surface area contributed by atoms with Crippen LogP contribution in [-0.4, -0.2) is 53.2 Å². The number of aryl methyl sites for hydroxylation is 2. The summed E-state index contributed by atoms with van der Waals surface area (Å²) in [7, 11) is 1.40. The Morgan fingerprint density at radius 3 is 2.39 bits per heavy atom. The maximum absolute atomic E-state index is 13.4. The Balaban J connectivity index is 1.72. The number of piperazine rings is 1. The van der Waals surface area contributed by atoms with Gasteiger partial charge in [-0.1, -0.05) is 0 Å². The fraction of sp³-hybridized carbons (Fsp3) is 0.467. The number of hydrogen-bond donors (Lipinski definition) is 0. The molecule has 0 unspecified atom stereocenters. The second-order valence-electron chi connectivity index (χ2n) is 5.42. The Bertz CT molecular complexity index is 702. The zero-order chi connectivity index (χ0) is 16.4. The highest BCUT2D eigenvalue weighted by molar-refractivity contribution is 5.46. The van der Waals surface area contributed by atoms with E-state index in [4.69, 9.17) is 4.74 Å². The molecular formula is C15H19FN6O. The fourth-order valence-corrected chi connectivity index (χ4v) is 2.58. The lowest BCUT2D eigenvalue weighted by Gasteiger charge is -2.35. The largest absolute Gasteiger partial charge is 0.479 e. The maximum atomic E-state index is 13.4. The van der Waals surface area contributed by atoms with Crippen LogP contribution < -0.4 is 14.5 Å². The molecule has 0 atom stereocenters. The second kappa shape index (κ2) is 6.31. The molecule has 1 saturated heterocycles. The van der Waals surface area contributed by atoms with E-state index in [0.717, 1.165) is 49.6 Å². The highest BCUT2D eigenvalue weighted by Crippen LogP contribution is 2.21.